The molecule has 3 aliphatic rings. The van der Waals surface area contributed by atoms with Crippen molar-refractivity contribution >= 4 is 5.97 Å². The molecule has 0 radical (unpaired) electrons. The molecule has 0 spiro atoms. The van der Waals surface area contributed by atoms with Crippen molar-refractivity contribution in [3.05, 3.63) is 24.2 Å². The molecule has 1 aromatic heterocycles. The van der Waals surface area contributed by atoms with E-state index in [1.165, 1.54) is 12.3 Å². The molecule has 0 amide bonds. The van der Waals surface area contributed by atoms with Crippen LogP contribution in [0, 0.1) is 0 Å². The molecule has 4 rings (SSSR count). The Labute approximate surface area is 163 Å². The van der Waals surface area contributed by atoms with Crippen LogP contribution >= 0.6 is 0 Å². The molecule has 28 heavy (non-hydrogen) atoms. The maximum absolute atomic E-state index is 12.2. The third-order valence-corrected chi connectivity index (χ3v) is 5.50. The van der Waals surface area contributed by atoms with Crippen molar-refractivity contribution in [2.24, 2.45) is 5.73 Å². The van der Waals surface area contributed by atoms with Gasteiger partial charge in [-0.2, -0.15) is 0 Å². The molecule has 0 aliphatic carbocycles. The predicted molar refractivity (Wildman–Crippen MR) is 96.3 cm³/mol. The number of furan rings is 1. The van der Waals surface area contributed by atoms with Crippen LogP contribution in [0.15, 0.2) is 22.8 Å². The summed E-state index contributed by atoms with van der Waals surface area (Å²) in [7, 11) is 0. The second kappa shape index (κ2) is 7.40. The molecular formula is C19H28N2O7. The summed E-state index contributed by atoms with van der Waals surface area (Å²) in [6.07, 6.45) is 0.412. The minimum Gasteiger partial charge on any atom is -0.457 e. The third-order valence-electron chi connectivity index (χ3n) is 5.50. The van der Waals surface area contributed by atoms with Crippen LogP contribution in [0.3, 0.4) is 0 Å². The average molecular weight is 396 g/mol. The highest BCUT2D eigenvalue weighted by Crippen LogP contribution is 2.43. The average Bonchev–Trinajstić information content (AvgIpc) is 3.26. The fraction of sp³-hybridized carbons (Fsp3) is 0.737. The molecule has 3 saturated heterocycles. The zero-order valence-corrected chi connectivity index (χ0v) is 16.2. The largest absolute Gasteiger partial charge is 0.457 e. The summed E-state index contributed by atoms with van der Waals surface area (Å²) in [5.41, 5.74) is 6.00. The number of piperidine rings is 1. The van der Waals surface area contributed by atoms with Gasteiger partial charge in [0.2, 0.25) is 11.5 Å². The van der Waals surface area contributed by atoms with Crippen LogP contribution in [-0.2, 0) is 18.9 Å². The van der Waals surface area contributed by atoms with E-state index in [-0.39, 0.29) is 18.4 Å². The van der Waals surface area contributed by atoms with Gasteiger partial charge in [-0.1, -0.05) is 0 Å². The van der Waals surface area contributed by atoms with Gasteiger partial charge in [-0.15, -0.1) is 0 Å². The summed E-state index contributed by atoms with van der Waals surface area (Å²) in [4.78, 5) is 14.4. The lowest BCUT2D eigenvalue weighted by molar-refractivity contribution is -0.297. The van der Waals surface area contributed by atoms with Gasteiger partial charge in [0.1, 0.15) is 12.2 Å². The topological polar surface area (TPSA) is 117 Å². The molecule has 3 aliphatic heterocycles. The number of ether oxygens (including phenoxy) is 4. The van der Waals surface area contributed by atoms with E-state index in [9.17, 15) is 9.90 Å². The van der Waals surface area contributed by atoms with Crippen molar-refractivity contribution < 1.29 is 33.3 Å². The number of aliphatic hydroxyl groups excluding tert-OH is 1. The van der Waals surface area contributed by atoms with Gasteiger partial charge in [0.15, 0.2) is 11.9 Å². The number of fused-ring (bicyclic) bond motifs is 1. The van der Waals surface area contributed by atoms with Crippen molar-refractivity contribution in [3.8, 4) is 0 Å². The van der Waals surface area contributed by atoms with Crippen molar-refractivity contribution in [1.29, 1.82) is 0 Å². The highest BCUT2D eigenvalue weighted by Gasteiger charge is 2.62. The van der Waals surface area contributed by atoms with Crippen molar-refractivity contribution in [2.75, 3.05) is 26.2 Å². The lowest BCUT2D eigenvalue weighted by Crippen LogP contribution is -2.64. The minimum absolute atomic E-state index is 0.00307. The Bertz CT molecular complexity index is 686. The first-order chi connectivity index (χ1) is 13.3. The number of nitrogens with zero attached hydrogens (tertiary/aromatic N) is 1. The number of carbonyl (C=O) groups excluding carboxylic acids is 1. The molecule has 1 unspecified atom stereocenters. The zero-order valence-electron chi connectivity index (χ0n) is 16.2. The molecule has 4 heterocycles. The van der Waals surface area contributed by atoms with E-state index in [4.69, 9.17) is 29.1 Å². The van der Waals surface area contributed by atoms with Crippen molar-refractivity contribution in [1.82, 2.24) is 4.90 Å². The first-order valence-corrected chi connectivity index (χ1v) is 9.70. The molecule has 3 N–H and O–H groups in total. The Balaban J connectivity index is 1.48. The van der Waals surface area contributed by atoms with E-state index < -0.39 is 35.9 Å². The highest BCUT2D eigenvalue weighted by molar-refractivity contribution is 5.86. The number of hydrogen-bond acceptors (Lipinski definition) is 9. The normalized spacial score (nSPS) is 36.2. The molecule has 9 nitrogen and oxygen atoms in total. The second-order valence-corrected chi connectivity index (χ2v) is 8.19. The van der Waals surface area contributed by atoms with Crippen LogP contribution in [-0.4, -0.2) is 78.1 Å². The Kier molecular flexibility index (Phi) is 5.24. The number of esters is 1. The first kappa shape index (κ1) is 19.8. The molecular weight excluding hydrogens is 368 g/mol. The summed E-state index contributed by atoms with van der Waals surface area (Å²) in [5.74, 6) is -2.65. The first-order valence-electron chi connectivity index (χ1n) is 9.70. The van der Waals surface area contributed by atoms with Gasteiger partial charge in [0.25, 0.3) is 0 Å². The molecule has 0 bridgehead atoms. The molecule has 1 aromatic rings. The lowest BCUT2D eigenvalue weighted by atomic mass is 9.95. The summed E-state index contributed by atoms with van der Waals surface area (Å²) < 4.78 is 28.6. The van der Waals surface area contributed by atoms with Gasteiger partial charge < -0.3 is 34.2 Å². The molecule has 3 fully saturated rings. The van der Waals surface area contributed by atoms with Gasteiger partial charge in [-0.3, -0.25) is 4.90 Å². The number of carbonyl (C=O) groups is 1. The number of nitrogens with two attached hydrogens (primary N) is 1. The number of likely N-dealkylation sites (tertiary alicyclic amines) is 1. The molecule has 156 valence electrons. The fourth-order valence-electron chi connectivity index (χ4n) is 4.14. The smallest absolute Gasteiger partial charge is 0.374 e. The number of rotatable bonds is 4. The Morgan fingerprint density at radius 1 is 1.39 bits per heavy atom. The summed E-state index contributed by atoms with van der Waals surface area (Å²) >= 11 is 0. The van der Waals surface area contributed by atoms with E-state index in [0.29, 0.717) is 6.54 Å². The van der Waals surface area contributed by atoms with Crippen LogP contribution in [0.1, 0.15) is 37.2 Å². The summed E-state index contributed by atoms with van der Waals surface area (Å²) in [5, 5.41) is 10.9. The Morgan fingerprint density at radius 3 is 2.82 bits per heavy atom. The van der Waals surface area contributed by atoms with E-state index in [1.54, 1.807) is 19.9 Å². The lowest BCUT2D eigenvalue weighted by Gasteiger charge is -2.45. The van der Waals surface area contributed by atoms with Gasteiger partial charge in [0, 0.05) is 6.04 Å². The van der Waals surface area contributed by atoms with E-state index >= 15 is 0 Å². The van der Waals surface area contributed by atoms with Crippen LogP contribution in [0.25, 0.3) is 0 Å². The van der Waals surface area contributed by atoms with E-state index in [1.807, 2.05) is 0 Å². The van der Waals surface area contributed by atoms with Crippen molar-refractivity contribution in [2.45, 2.75) is 62.6 Å². The molecule has 0 aromatic carbocycles. The quantitative estimate of drug-likeness (QED) is 0.700. The predicted octanol–water partition coefficient (Wildman–Crippen LogP) is 0.467. The van der Waals surface area contributed by atoms with Gasteiger partial charge in [0.05, 0.1) is 19.4 Å². The van der Waals surface area contributed by atoms with Crippen LogP contribution in [0.5, 0.6) is 0 Å². The van der Waals surface area contributed by atoms with Crippen LogP contribution in [0.2, 0.25) is 0 Å². The SMILES string of the molecule is CC1(C)O[C@H]2[C@H](O)C(OC(=O)c3ccco3)CO[C@@]2(CN2CCC(N)CC2)O1. The van der Waals surface area contributed by atoms with E-state index in [0.717, 1.165) is 25.9 Å². The second-order valence-electron chi connectivity index (χ2n) is 8.19. The minimum atomic E-state index is -1.13. The van der Waals surface area contributed by atoms with Gasteiger partial charge >= 0.3 is 5.97 Å². The van der Waals surface area contributed by atoms with Crippen LogP contribution < -0.4 is 5.73 Å². The number of hydrogen-bond donors (Lipinski definition) is 2. The van der Waals surface area contributed by atoms with Gasteiger partial charge in [-0.25, -0.2) is 4.79 Å². The highest BCUT2D eigenvalue weighted by atomic mass is 16.8. The third kappa shape index (κ3) is 3.83. The molecule has 9 heteroatoms. The fourth-order valence-corrected chi connectivity index (χ4v) is 4.14. The van der Waals surface area contributed by atoms with E-state index in [2.05, 4.69) is 4.90 Å². The maximum Gasteiger partial charge on any atom is 0.374 e. The Morgan fingerprint density at radius 2 is 2.14 bits per heavy atom. The summed E-state index contributed by atoms with van der Waals surface area (Å²) in [6.45, 7) is 5.66. The maximum atomic E-state index is 12.2. The van der Waals surface area contributed by atoms with Crippen LogP contribution in [0.4, 0.5) is 0 Å². The zero-order chi connectivity index (χ0) is 19.9. The molecule has 0 saturated carbocycles. The molecule has 4 atom stereocenters. The van der Waals surface area contributed by atoms with Gasteiger partial charge in [-0.05, 0) is 51.9 Å². The van der Waals surface area contributed by atoms with Crippen molar-refractivity contribution in [3.63, 3.8) is 0 Å². The monoisotopic (exact) mass is 396 g/mol. The standard InChI is InChI=1S/C19H28N2O7/c1-18(2)27-16-15(22)14(26-17(23)13-4-3-9-24-13)10-25-19(16,28-18)11-21-7-5-12(20)6-8-21/h3-4,9,12,14-16,22H,5-8,10-11,20H2,1-2H3/t14?,15-,16+,19+/m1/s1. The number of aliphatic hydroxyl groups is 1. The Hall–Kier alpha value is -1.49. The summed E-state index contributed by atoms with van der Waals surface area (Å²) in [6, 6.07) is 3.31.